The number of tetrazole rings is 1. The van der Waals surface area contributed by atoms with E-state index in [9.17, 15) is 14.7 Å². The maximum absolute atomic E-state index is 11.8. The Morgan fingerprint density at radius 3 is 2.61 bits per heavy atom. The van der Waals surface area contributed by atoms with Crippen molar-refractivity contribution in [3.63, 3.8) is 0 Å². The molecule has 0 radical (unpaired) electrons. The van der Waals surface area contributed by atoms with E-state index in [4.69, 9.17) is 0 Å². The van der Waals surface area contributed by atoms with Gasteiger partial charge in [-0.05, 0) is 18.1 Å². The molecule has 1 saturated carbocycles. The molecular weight excluding hydrogens is 238 g/mol. The van der Waals surface area contributed by atoms with Crippen molar-refractivity contribution in [1.29, 1.82) is 0 Å². The normalized spacial score (nSPS) is 17.6. The van der Waals surface area contributed by atoms with Crippen molar-refractivity contribution in [2.75, 3.05) is 5.32 Å². The summed E-state index contributed by atoms with van der Waals surface area (Å²) in [4.78, 5) is 24.3. The number of carboxylic acids is 1. The third-order valence-electron chi connectivity index (χ3n) is 3.27. The van der Waals surface area contributed by atoms with Crippen LogP contribution >= 0.6 is 0 Å². The molecule has 98 valence electrons. The first kappa shape index (κ1) is 12.5. The molecule has 1 amide bonds. The SMILES string of the molecule is Cn1nnc(NC(=O)CC2(C(=O)O)CCCC2)n1. The summed E-state index contributed by atoms with van der Waals surface area (Å²) in [5.41, 5.74) is -0.924. The molecule has 0 aliphatic heterocycles. The molecule has 1 heterocycles. The number of aromatic nitrogens is 4. The fourth-order valence-corrected chi connectivity index (χ4v) is 2.33. The number of anilines is 1. The van der Waals surface area contributed by atoms with Crippen molar-refractivity contribution in [2.45, 2.75) is 32.1 Å². The Hall–Kier alpha value is -1.99. The molecule has 18 heavy (non-hydrogen) atoms. The summed E-state index contributed by atoms with van der Waals surface area (Å²) in [6.45, 7) is 0. The fraction of sp³-hybridized carbons (Fsp3) is 0.700. The lowest BCUT2D eigenvalue weighted by molar-refractivity contribution is -0.150. The smallest absolute Gasteiger partial charge is 0.310 e. The number of hydrogen-bond acceptors (Lipinski definition) is 5. The zero-order valence-electron chi connectivity index (χ0n) is 10.1. The van der Waals surface area contributed by atoms with Crippen molar-refractivity contribution in [2.24, 2.45) is 12.5 Å². The van der Waals surface area contributed by atoms with Crippen molar-refractivity contribution < 1.29 is 14.7 Å². The number of hydrogen-bond donors (Lipinski definition) is 2. The highest BCUT2D eigenvalue weighted by Gasteiger charge is 2.43. The van der Waals surface area contributed by atoms with Gasteiger partial charge in [0.15, 0.2) is 0 Å². The number of amides is 1. The number of rotatable bonds is 4. The van der Waals surface area contributed by atoms with E-state index in [0.717, 1.165) is 12.8 Å². The van der Waals surface area contributed by atoms with Crippen molar-refractivity contribution in [3.8, 4) is 0 Å². The van der Waals surface area contributed by atoms with Crippen LogP contribution in [0.1, 0.15) is 32.1 Å². The molecule has 8 heteroatoms. The summed E-state index contributed by atoms with van der Waals surface area (Å²) in [7, 11) is 1.58. The number of aliphatic carboxylic acids is 1. The van der Waals surface area contributed by atoms with E-state index in [1.54, 1.807) is 7.05 Å². The summed E-state index contributed by atoms with van der Waals surface area (Å²) in [5.74, 6) is -1.18. The van der Waals surface area contributed by atoms with Crippen LogP contribution in [0.5, 0.6) is 0 Å². The van der Waals surface area contributed by atoms with E-state index in [2.05, 4.69) is 20.7 Å². The molecule has 1 aliphatic carbocycles. The van der Waals surface area contributed by atoms with Gasteiger partial charge in [0.25, 0.3) is 5.95 Å². The molecule has 0 unspecified atom stereocenters. The zero-order valence-corrected chi connectivity index (χ0v) is 10.1. The molecule has 8 nitrogen and oxygen atoms in total. The molecule has 2 rings (SSSR count). The van der Waals surface area contributed by atoms with E-state index in [0.29, 0.717) is 12.8 Å². The van der Waals surface area contributed by atoms with Gasteiger partial charge in [0.1, 0.15) is 0 Å². The van der Waals surface area contributed by atoms with Gasteiger partial charge in [-0.25, -0.2) is 0 Å². The highest BCUT2D eigenvalue weighted by molar-refractivity contribution is 5.93. The average molecular weight is 253 g/mol. The first-order chi connectivity index (χ1) is 8.52. The van der Waals surface area contributed by atoms with E-state index in [1.807, 2.05) is 0 Å². The lowest BCUT2D eigenvalue weighted by Gasteiger charge is -2.22. The predicted octanol–water partition coefficient (Wildman–Crippen LogP) is 0.184. The molecule has 0 aromatic carbocycles. The molecule has 1 aliphatic rings. The topological polar surface area (TPSA) is 110 Å². The zero-order chi connectivity index (χ0) is 13.2. The summed E-state index contributed by atoms with van der Waals surface area (Å²) < 4.78 is 0. The molecule has 0 atom stereocenters. The minimum Gasteiger partial charge on any atom is -0.481 e. The number of aryl methyl sites for hydroxylation is 1. The van der Waals surface area contributed by atoms with Crippen LogP contribution in [0.4, 0.5) is 5.95 Å². The molecule has 1 aromatic heterocycles. The van der Waals surface area contributed by atoms with Crippen molar-refractivity contribution in [3.05, 3.63) is 0 Å². The van der Waals surface area contributed by atoms with Crippen LogP contribution in [0.3, 0.4) is 0 Å². The fourth-order valence-electron chi connectivity index (χ4n) is 2.33. The van der Waals surface area contributed by atoms with Crippen molar-refractivity contribution >= 4 is 17.8 Å². The average Bonchev–Trinajstić information content (AvgIpc) is 2.89. The van der Waals surface area contributed by atoms with E-state index in [1.165, 1.54) is 4.80 Å². The Bertz CT molecular complexity index is 464. The predicted molar refractivity (Wildman–Crippen MR) is 60.6 cm³/mol. The molecule has 0 saturated heterocycles. The van der Waals surface area contributed by atoms with Crippen molar-refractivity contribution in [1.82, 2.24) is 20.2 Å². The second kappa shape index (κ2) is 4.71. The summed E-state index contributed by atoms with van der Waals surface area (Å²) in [5, 5.41) is 22.7. The van der Waals surface area contributed by atoms with Crippen LogP contribution in [-0.4, -0.2) is 37.2 Å². The molecule has 0 spiro atoms. The Kier molecular flexibility index (Phi) is 3.26. The van der Waals surface area contributed by atoms with Gasteiger partial charge < -0.3 is 5.11 Å². The van der Waals surface area contributed by atoms with Crippen LogP contribution in [0, 0.1) is 5.41 Å². The van der Waals surface area contributed by atoms with Gasteiger partial charge in [-0.15, -0.1) is 5.10 Å². The molecule has 2 N–H and O–H groups in total. The van der Waals surface area contributed by atoms with Crippen LogP contribution in [0.2, 0.25) is 0 Å². The van der Waals surface area contributed by atoms with Gasteiger partial charge in [0.2, 0.25) is 5.91 Å². The van der Waals surface area contributed by atoms with Gasteiger partial charge >= 0.3 is 5.97 Å². The van der Waals surface area contributed by atoms with Crippen LogP contribution in [0.15, 0.2) is 0 Å². The Labute approximate surface area is 103 Å². The lowest BCUT2D eigenvalue weighted by atomic mass is 9.82. The summed E-state index contributed by atoms with van der Waals surface area (Å²) >= 11 is 0. The van der Waals surface area contributed by atoms with Crippen LogP contribution < -0.4 is 5.32 Å². The lowest BCUT2D eigenvalue weighted by Crippen LogP contribution is -2.32. The number of nitrogens with zero attached hydrogens (tertiary/aromatic N) is 4. The highest BCUT2D eigenvalue weighted by atomic mass is 16.4. The largest absolute Gasteiger partial charge is 0.481 e. The van der Waals surface area contributed by atoms with Gasteiger partial charge in [0, 0.05) is 6.42 Å². The highest BCUT2D eigenvalue weighted by Crippen LogP contribution is 2.41. The Morgan fingerprint density at radius 1 is 1.44 bits per heavy atom. The first-order valence-electron chi connectivity index (χ1n) is 5.79. The first-order valence-corrected chi connectivity index (χ1v) is 5.79. The third-order valence-corrected chi connectivity index (χ3v) is 3.27. The van der Waals surface area contributed by atoms with Gasteiger partial charge in [-0.3, -0.25) is 14.9 Å². The quantitative estimate of drug-likeness (QED) is 0.792. The number of carboxylic acid groups (broad SMARTS) is 1. The molecule has 0 bridgehead atoms. The molecule has 1 fully saturated rings. The maximum atomic E-state index is 11.8. The number of carbonyl (C=O) groups excluding carboxylic acids is 1. The second-order valence-corrected chi connectivity index (χ2v) is 4.62. The monoisotopic (exact) mass is 253 g/mol. The number of nitrogens with one attached hydrogen (secondary N) is 1. The second-order valence-electron chi connectivity index (χ2n) is 4.62. The Balaban J connectivity index is 1.99. The van der Waals surface area contributed by atoms with Gasteiger partial charge in [-0.1, -0.05) is 17.9 Å². The molecule has 1 aromatic rings. The minimum atomic E-state index is -0.924. The van der Waals surface area contributed by atoms with Crippen LogP contribution in [-0.2, 0) is 16.6 Å². The van der Waals surface area contributed by atoms with E-state index >= 15 is 0 Å². The summed E-state index contributed by atoms with van der Waals surface area (Å²) in [6, 6.07) is 0. The summed E-state index contributed by atoms with van der Waals surface area (Å²) in [6.07, 6.45) is 2.75. The van der Waals surface area contributed by atoms with Gasteiger partial charge in [0.05, 0.1) is 12.5 Å². The maximum Gasteiger partial charge on any atom is 0.310 e. The van der Waals surface area contributed by atoms with Gasteiger partial charge in [-0.2, -0.15) is 4.80 Å². The third kappa shape index (κ3) is 2.47. The standard InChI is InChI=1S/C10H15N5O3/c1-15-13-9(12-14-15)11-7(16)6-10(8(17)18)4-2-3-5-10/h2-6H2,1H3,(H,17,18)(H,11,13,16). The van der Waals surface area contributed by atoms with E-state index in [-0.39, 0.29) is 18.3 Å². The number of carbonyl (C=O) groups is 2. The Morgan fingerprint density at radius 2 is 2.11 bits per heavy atom. The van der Waals surface area contributed by atoms with E-state index < -0.39 is 11.4 Å². The minimum absolute atomic E-state index is 0.0411. The molecular formula is C10H15N5O3. The van der Waals surface area contributed by atoms with Crippen LogP contribution in [0.25, 0.3) is 0 Å².